The molecule has 0 radical (unpaired) electrons. The fourth-order valence-electron chi connectivity index (χ4n) is 2.38. The highest BCUT2D eigenvalue weighted by Crippen LogP contribution is 2.20. The fraction of sp³-hybridized carbons (Fsp3) is 0.250. The molecule has 0 amide bonds. The predicted octanol–water partition coefficient (Wildman–Crippen LogP) is 4.01. The van der Waals surface area contributed by atoms with Crippen LogP contribution in [0.2, 0.25) is 0 Å². The lowest BCUT2D eigenvalue weighted by atomic mass is 10.0. The number of ether oxygens (including phenoxy) is 3. The Bertz CT molecular complexity index is 899. The second-order valence-corrected chi connectivity index (χ2v) is 8.18. The summed E-state index contributed by atoms with van der Waals surface area (Å²) in [4.78, 5) is 29.6. The van der Waals surface area contributed by atoms with Crippen molar-refractivity contribution in [3.8, 4) is 0 Å². The molecule has 0 spiro atoms. The zero-order valence-corrected chi connectivity index (χ0v) is 24.4. The van der Waals surface area contributed by atoms with Gasteiger partial charge >= 0.3 is 17.9 Å². The summed E-state index contributed by atoms with van der Waals surface area (Å²) in [7, 11) is 1.16. The number of benzene rings is 2. The number of aliphatic carboxylic acids is 3. The van der Waals surface area contributed by atoms with E-state index in [1.165, 1.54) is 11.1 Å². The van der Waals surface area contributed by atoms with Gasteiger partial charge < -0.3 is 29.5 Å². The number of carboxylic acids is 3. The van der Waals surface area contributed by atoms with E-state index in [1.807, 2.05) is 0 Å². The maximum absolute atomic E-state index is 9.86. The first kappa shape index (κ1) is 35.8. The Morgan fingerprint density at radius 1 is 0.632 bits per heavy atom. The van der Waals surface area contributed by atoms with Crippen molar-refractivity contribution in [3.05, 3.63) is 109 Å². The Balaban J connectivity index is 0. The minimum atomic E-state index is -1.10. The van der Waals surface area contributed by atoms with Crippen molar-refractivity contribution in [2.45, 2.75) is 26.3 Å². The van der Waals surface area contributed by atoms with Crippen LogP contribution >= 0.6 is 0 Å². The molecule has 208 valence electrons. The lowest BCUT2D eigenvalue weighted by Crippen LogP contribution is -2.02. The van der Waals surface area contributed by atoms with E-state index >= 15 is 0 Å². The summed E-state index contributed by atoms with van der Waals surface area (Å²) in [6.07, 6.45) is 0. The molecule has 0 saturated carbocycles. The van der Waals surface area contributed by atoms with Gasteiger partial charge in [-0.25, -0.2) is 14.4 Å². The average molecular weight is 547 g/mol. The van der Waals surface area contributed by atoms with Crippen molar-refractivity contribution in [1.29, 1.82) is 0 Å². The highest BCUT2D eigenvalue weighted by atomic mass is 28.1. The lowest BCUT2D eigenvalue weighted by Gasteiger charge is -2.11. The maximum Gasteiger partial charge on any atom is 0.370 e. The molecule has 0 aromatic heterocycles. The monoisotopic (exact) mass is 546 g/mol. The Morgan fingerprint density at radius 2 is 0.868 bits per heavy atom. The van der Waals surface area contributed by atoms with Crippen LogP contribution in [0.5, 0.6) is 0 Å². The summed E-state index contributed by atoms with van der Waals surface area (Å²) in [5, 5.41) is 24.3. The molecule has 2 aromatic rings. The molecule has 2 aromatic carbocycles. The zero-order valence-electron chi connectivity index (χ0n) is 22.4. The molecule has 38 heavy (non-hydrogen) atoms. The van der Waals surface area contributed by atoms with Gasteiger partial charge in [0.05, 0.1) is 19.8 Å². The standard InChI is InChI=1S/C13H14Si.3C5H8O3/c14-13(11-7-3-1-4-8-11)12-9-5-2-6-10-12;3*1-3-8-4(2)5(6)7/h1-10,13H,14H3;3*2-3H2,1H3,(H,6,7). The molecule has 0 heterocycles. The van der Waals surface area contributed by atoms with Gasteiger partial charge in [-0.3, -0.25) is 0 Å². The number of hydrogen-bond donors (Lipinski definition) is 3. The van der Waals surface area contributed by atoms with E-state index in [0.717, 1.165) is 10.2 Å². The largest absolute Gasteiger partial charge is 0.487 e. The third-order valence-electron chi connectivity index (χ3n) is 4.27. The van der Waals surface area contributed by atoms with E-state index in [2.05, 4.69) is 94.6 Å². The van der Waals surface area contributed by atoms with Gasteiger partial charge in [0.2, 0.25) is 0 Å². The van der Waals surface area contributed by atoms with E-state index in [1.54, 1.807) is 20.8 Å². The topological polar surface area (TPSA) is 140 Å². The summed E-state index contributed by atoms with van der Waals surface area (Å²) >= 11 is 0. The van der Waals surface area contributed by atoms with Crippen LogP contribution in [0.25, 0.3) is 0 Å². The van der Waals surface area contributed by atoms with E-state index in [4.69, 9.17) is 15.3 Å². The van der Waals surface area contributed by atoms with Crippen LogP contribution in [0.4, 0.5) is 0 Å². The van der Waals surface area contributed by atoms with Crippen LogP contribution < -0.4 is 0 Å². The van der Waals surface area contributed by atoms with Gasteiger partial charge in [-0.1, -0.05) is 60.7 Å². The summed E-state index contributed by atoms with van der Waals surface area (Å²) in [6.45, 7) is 15.5. The Morgan fingerprint density at radius 3 is 1.03 bits per heavy atom. The van der Waals surface area contributed by atoms with Crippen molar-refractivity contribution in [1.82, 2.24) is 0 Å². The van der Waals surface area contributed by atoms with E-state index in [9.17, 15) is 14.4 Å². The summed E-state index contributed by atoms with van der Waals surface area (Å²) in [5.74, 6) is -3.92. The molecule has 0 fully saturated rings. The molecule has 0 aliphatic heterocycles. The van der Waals surface area contributed by atoms with E-state index in [-0.39, 0.29) is 17.3 Å². The van der Waals surface area contributed by atoms with Crippen LogP contribution in [0.1, 0.15) is 37.4 Å². The molecule has 0 bridgehead atoms. The fourth-order valence-corrected chi connectivity index (χ4v) is 3.15. The first-order valence-corrected chi connectivity index (χ1v) is 12.8. The minimum absolute atomic E-state index is 0.201. The first-order chi connectivity index (χ1) is 17.9. The second-order valence-electron chi connectivity index (χ2n) is 7.03. The molecule has 2 rings (SSSR count). The Labute approximate surface area is 227 Å². The van der Waals surface area contributed by atoms with E-state index < -0.39 is 17.9 Å². The van der Waals surface area contributed by atoms with Gasteiger partial charge in [-0.15, -0.1) is 0 Å². The number of carboxylic acid groups (broad SMARTS) is 3. The number of hydrogen-bond acceptors (Lipinski definition) is 6. The summed E-state index contributed by atoms with van der Waals surface area (Å²) < 4.78 is 13.5. The molecule has 3 N–H and O–H groups in total. The second kappa shape index (κ2) is 21.9. The lowest BCUT2D eigenvalue weighted by molar-refractivity contribution is -0.137. The first-order valence-electron chi connectivity index (χ1n) is 11.7. The van der Waals surface area contributed by atoms with Crippen LogP contribution in [0, 0.1) is 0 Å². The molecule has 0 aliphatic carbocycles. The normalized spacial score (nSPS) is 9.05. The van der Waals surface area contributed by atoms with Crippen LogP contribution in [0.3, 0.4) is 0 Å². The van der Waals surface area contributed by atoms with Gasteiger partial charge in [0, 0.05) is 10.2 Å². The SMILES string of the molecule is C=C(OCC)C(=O)O.C=C(OCC)C(=O)O.C=C(OCC)C(=O)O.[SiH3]C(c1ccccc1)c1ccccc1. The smallest absolute Gasteiger partial charge is 0.370 e. The Kier molecular flexibility index (Phi) is 20.7. The van der Waals surface area contributed by atoms with Gasteiger partial charge in [0.1, 0.15) is 0 Å². The van der Waals surface area contributed by atoms with Gasteiger partial charge in [-0.2, -0.15) is 0 Å². The molecular formula is C28H38O9Si. The summed E-state index contributed by atoms with van der Waals surface area (Å²) in [6, 6.07) is 21.5. The highest BCUT2D eigenvalue weighted by molar-refractivity contribution is 6.14. The Hall–Kier alpha value is -4.31. The van der Waals surface area contributed by atoms with Crippen molar-refractivity contribution in [3.63, 3.8) is 0 Å². The minimum Gasteiger partial charge on any atom is -0.487 e. The third kappa shape index (κ3) is 18.0. The highest BCUT2D eigenvalue weighted by Gasteiger charge is 2.06. The van der Waals surface area contributed by atoms with Crippen molar-refractivity contribution in [2.24, 2.45) is 0 Å². The molecule has 0 aliphatic rings. The molecule has 10 heteroatoms. The average Bonchev–Trinajstić information content (AvgIpc) is 2.90. The van der Waals surface area contributed by atoms with Gasteiger partial charge in [0.15, 0.2) is 17.3 Å². The number of rotatable bonds is 11. The van der Waals surface area contributed by atoms with Crippen LogP contribution in [-0.2, 0) is 28.6 Å². The van der Waals surface area contributed by atoms with Gasteiger partial charge in [-0.05, 0) is 57.2 Å². The van der Waals surface area contributed by atoms with Crippen molar-refractivity contribution >= 4 is 28.2 Å². The summed E-state index contributed by atoms with van der Waals surface area (Å²) in [5.41, 5.74) is 3.49. The van der Waals surface area contributed by atoms with E-state index in [0.29, 0.717) is 25.4 Å². The zero-order chi connectivity index (χ0) is 29.5. The molecule has 9 nitrogen and oxygen atoms in total. The molecular weight excluding hydrogens is 508 g/mol. The molecule has 0 saturated heterocycles. The van der Waals surface area contributed by atoms with Crippen LogP contribution in [-0.4, -0.2) is 63.3 Å². The third-order valence-corrected chi connectivity index (χ3v) is 5.60. The molecule has 0 atom stereocenters. The maximum atomic E-state index is 9.86. The van der Waals surface area contributed by atoms with Crippen molar-refractivity contribution in [2.75, 3.05) is 19.8 Å². The number of carbonyl (C=O) groups is 3. The van der Waals surface area contributed by atoms with Crippen molar-refractivity contribution < 1.29 is 43.9 Å². The predicted molar refractivity (Wildman–Crippen MR) is 150 cm³/mol. The van der Waals surface area contributed by atoms with Gasteiger partial charge in [0.25, 0.3) is 0 Å². The molecule has 0 unspecified atom stereocenters. The van der Waals surface area contributed by atoms with Crippen LogP contribution in [0.15, 0.2) is 97.7 Å². The quantitative estimate of drug-likeness (QED) is 0.217.